The summed E-state index contributed by atoms with van der Waals surface area (Å²) in [6.07, 6.45) is 3.83. The van der Waals surface area contributed by atoms with Gasteiger partial charge in [0, 0.05) is 24.0 Å². The van der Waals surface area contributed by atoms with Crippen LogP contribution in [0.25, 0.3) is 0 Å². The van der Waals surface area contributed by atoms with Gasteiger partial charge < -0.3 is 31.1 Å². The third-order valence-corrected chi connectivity index (χ3v) is 6.82. The Kier molecular flexibility index (Phi) is 9.92. The number of hydrogen-bond acceptors (Lipinski definition) is 6. The first-order valence-electron chi connectivity index (χ1n) is 11.2. The Morgan fingerprint density at radius 3 is 2.62 bits per heavy atom. The number of amides is 4. The zero-order chi connectivity index (χ0) is 23.7. The molecule has 0 aromatic carbocycles. The van der Waals surface area contributed by atoms with Crippen LogP contribution in [-0.4, -0.2) is 70.4 Å². The highest BCUT2D eigenvalue weighted by Gasteiger charge is 2.42. The number of carbonyl (C=O) groups is 4. The van der Waals surface area contributed by atoms with Gasteiger partial charge in [0.05, 0.1) is 12.1 Å². The molecule has 2 saturated heterocycles. The molecular formula is C21H36N4O6S. The van der Waals surface area contributed by atoms with E-state index in [1.807, 2.05) is 11.8 Å². The van der Waals surface area contributed by atoms with Gasteiger partial charge >= 0.3 is 18.1 Å². The molecule has 0 unspecified atom stereocenters. The molecule has 2 aliphatic rings. The summed E-state index contributed by atoms with van der Waals surface area (Å²) in [4.78, 5) is 46.5. The van der Waals surface area contributed by atoms with Crippen LogP contribution in [0.5, 0.6) is 0 Å². The van der Waals surface area contributed by atoms with E-state index in [0.717, 1.165) is 25.0 Å². The van der Waals surface area contributed by atoms with Gasteiger partial charge in [0.15, 0.2) is 0 Å². The summed E-state index contributed by atoms with van der Waals surface area (Å²) in [6, 6.07) is -0.685. The first-order valence-corrected chi connectivity index (χ1v) is 12.3. The minimum Gasteiger partial charge on any atom is -0.480 e. The lowest BCUT2D eigenvalue weighted by molar-refractivity contribution is -0.139. The number of hydrogen-bond donors (Lipinski definition) is 5. The Bertz CT molecular complexity index is 684. The minimum absolute atomic E-state index is 0.0144. The van der Waals surface area contributed by atoms with Gasteiger partial charge in [-0.1, -0.05) is 6.42 Å². The van der Waals surface area contributed by atoms with E-state index in [4.69, 9.17) is 4.74 Å². The van der Waals surface area contributed by atoms with Crippen LogP contribution >= 0.6 is 11.8 Å². The van der Waals surface area contributed by atoms with Gasteiger partial charge in [0.1, 0.15) is 11.6 Å². The van der Waals surface area contributed by atoms with Gasteiger partial charge in [-0.15, -0.1) is 0 Å². The van der Waals surface area contributed by atoms with Crippen LogP contribution < -0.4 is 21.3 Å². The van der Waals surface area contributed by atoms with Crippen molar-refractivity contribution in [3.8, 4) is 0 Å². The number of carboxylic acid groups (broad SMARTS) is 1. The zero-order valence-corrected chi connectivity index (χ0v) is 19.9. The van der Waals surface area contributed by atoms with Crippen LogP contribution in [-0.2, 0) is 14.3 Å². The topological polar surface area (TPSA) is 146 Å². The normalized spacial score (nSPS) is 23.0. The minimum atomic E-state index is -1.11. The molecule has 2 heterocycles. The monoisotopic (exact) mass is 472 g/mol. The van der Waals surface area contributed by atoms with Crippen molar-refractivity contribution in [2.24, 2.45) is 0 Å². The van der Waals surface area contributed by atoms with Gasteiger partial charge in [-0.2, -0.15) is 11.8 Å². The lowest BCUT2D eigenvalue weighted by Crippen LogP contribution is -2.43. The number of ether oxygens (including phenoxy) is 1. The number of unbranched alkanes of at least 4 members (excludes halogenated alkanes) is 2. The van der Waals surface area contributed by atoms with E-state index in [2.05, 4.69) is 21.3 Å². The molecule has 2 rings (SSSR count). The summed E-state index contributed by atoms with van der Waals surface area (Å²) in [7, 11) is 0. The molecule has 0 bridgehead atoms. The van der Waals surface area contributed by atoms with E-state index < -0.39 is 23.7 Å². The van der Waals surface area contributed by atoms with Crippen molar-refractivity contribution in [3.05, 3.63) is 0 Å². The van der Waals surface area contributed by atoms with Crippen LogP contribution in [0.15, 0.2) is 0 Å². The molecule has 5 N–H and O–H groups in total. The van der Waals surface area contributed by atoms with E-state index in [1.54, 1.807) is 20.8 Å². The number of aliphatic carboxylic acids is 1. The van der Waals surface area contributed by atoms with Crippen LogP contribution in [0.3, 0.4) is 0 Å². The number of alkyl carbamates (subject to hydrolysis) is 1. The van der Waals surface area contributed by atoms with Crippen molar-refractivity contribution < 1.29 is 29.0 Å². The predicted molar refractivity (Wildman–Crippen MR) is 122 cm³/mol. The Labute approximate surface area is 193 Å². The van der Waals surface area contributed by atoms with Gasteiger partial charge in [0.25, 0.3) is 0 Å². The molecule has 4 atom stereocenters. The maximum absolute atomic E-state index is 12.0. The number of carboxylic acids is 1. The molecule has 32 heavy (non-hydrogen) atoms. The number of fused-ring (bicyclic) bond motifs is 1. The molecule has 0 radical (unpaired) electrons. The summed E-state index contributed by atoms with van der Waals surface area (Å²) in [5.41, 5.74) is -0.695. The lowest BCUT2D eigenvalue weighted by Gasteiger charge is -2.22. The summed E-state index contributed by atoms with van der Waals surface area (Å²) in [6.45, 7) is 5.60. The van der Waals surface area contributed by atoms with E-state index in [0.29, 0.717) is 31.1 Å². The first kappa shape index (κ1) is 26.1. The highest BCUT2D eigenvalue weighted by atomic mass is 32.2. The van der Waals surface area contributed by atoms with Crippen molar-refractivity contribution in [1.82, 2.24) is 21.3 Å². The highest BCUT2D eigenvalue weighted by Crippen LogP contribution is 2.33. The molecule has 2 aliphatic heterocycles. The van der Waals surface area contributed by atoms with Gasteiger partial charge in [0.2, 0.25) is 5.91 Å². The van der Waals surface area contributed by atoms with Crippen molar-refractivity contribution in [1.29, 1.82) is 0 Å². The standard InChI is InChI=1S/C21H36N4O6S/c1-21(2,3)31-20(30)24-13(18(27)28)8-6-7-11-22-16(26)10-5-4-9-15-17-14(12-32-15)23-19(29)25-17/h13-15,17H,4-12H2,1-3H3,(H,22,26)(H,24,30)(H,27,28)(H2,23,25,29)/t13-,14+,15+,17+/m1/s1. The summed E-state index contributed by atoms with van der Waals surface area (Å²) in [5.74, 6) is -0.191. The number of rotatable bonds is 12. The van der Waals surface area contributed by atoms with E-state index >= 15 is 0 Å². The average molecular weight is 473 g/mol. The number of nitrogens with one attached hydrogen (secondary N) is 4. The van der Waals surface area contributed by atoms with Gasteiger partial charge in [-0.25, -0.2) is 14.4 Å². The van der Waals surface area contributed by atoms with E-state index in [9.17, 15) is 24.3 Å². The molecule has 182 valence electrons. The van der Waals surface area contributed by atoms with Crippen molar-refractivity contribution >= 4 is 35.8 Å². The fourth-order valence-corrected chi connectivity index (χ4v) is 5.31. The molecule has 4 amide bonds. The van der Waals surface area contributed by atoms with Crippen LogP contribution in [0.4, 0.5) is 9.59 Å². The number of carbonyl (C=O) groups excluding carboxylic acids is 3. The second-order valence-corrected chi connectivity index (χ2v) is 10.5. The lowest BCUT2D eigenvalue weighted by atomic mass is 10.0. The number of thioether (sulfide) groups is 1. The molecule has 0 aromatic rings. The smallest absolute Gasteiger partial charge is 0.408 e. The van der Waals surface area contributed by atoms with Crippen LogP contribution in [0.1, 0.15) is 65.7 Å². The third kappa shape index (κ3) is 9.13. The summed E-state index contributed by atoms with van der Waals surface area (Å²) >= 11 is 1.87. The Morgan fingerprint density at radius 1 is 1.19 bits per heavy atom. The van der Waals surface area contributed by atoms with Crippen molar-refractivity contribution in [3.63, 3.8) is 0 Å². The largest absolute Gasteiger partial charge is 0.480 e. The maximum atomic E-state index is 12.0. The Hall–Kier alpha value is -2.17. The van der Waals surface area contributed by atoms with Gasteiger partial charge in [-0.05, 0) is 52.9 Å². The Morgan fingerprint density at radius 2 is 1.94 bits per heavy atom. The summed E-state index contributed by atoms with van der Waals surface area (Å²) < 4.78 is 5.09. The SMILES string of the molecule is CC(C)(C)OC(=O)N[C@H](CCCCNC(=O)CCCC[C@@H]1SC[C@@H]2NC(=O)N[C@@H]21)C(=O)O. The molecule has 11 heteroatoms. The second kappa shape index (κ2) is 12.2. The molecular weight excluding hydrogens is 436 g/mol. The molecule has 0 spiro atoms. The van der Waals surface area contributed by atoms with Crippen molar-refractivity contribution in [2.45, 2.75) is 94.7 Å². The Balaban J connectivity index is 1.51. The molecule has 0 saturated carbocycles. The molecule has 2 fully saturated rings. The highest BCUT2D eigenvalue weighted by molar-refractivity contribution is 8.00. The zero-order valence-electron chi connectivity index (χ0n) is 19.1. The molecule has 0 aromatic heterocycles. The fraction of sp³-hybridized carbons (Fsp3) is 0.810. The predicted octanol–water partition coefficient (Wildman–Crippen LogP) is 1.98. The number of urea groups is 1. The van der Waals surface area contributed by atoms with E-state index in [-0.39, 0.29) is 30.4 Å². The maximum Gasteiger partial charge on any atom is 0.408 e. The molecule has 0 aliphatic carbocycles. The van der Waals surface area contributed by atoms with E-state index in [1.165, 1.54) is 0 Å². The molecule has 10 nitrogen and oxygen atoms in total. The second-order valence-electron chi connectivity index (χ2n) is 9.25. The van der Waals surface area contributed by atoms with Crippen LogP contribution in [0.2, 0.25) is 0 Å². The van der Waals surface area contributed by atoms with Crippen LogP contribution in [0, 0.1) is 0 Å². The van der Waals surface area contributed by atoms with Gasteiger partial charge in [-0.3, -0.25) is 4.79 Å². The first-order chi connectivity index (χ1) is 15.0. The fourth-order valence-electron chi connectivity index (χ4n) is 3.77. The third-order valence-electron chi connectivity index (χ3n) is 5.31. The average Bonchev–Trinajstić information content (AvgIpc) is 3.21. The van der Waals surface area contributed by atoms with Crippen molar-refractivity contribution in [2.75, 3.05) is 12.3 Å². The summed E-state index contributed by atoms with van der Waals surface area (Å²) in [5, 5.41) is 20.8. The quantitative estimate of drug-likeness (QED) is 0.216.